The molecular formula is C16H27NO3. The van der Waals surface area contributed by atoms with E-state index in [1.54, 1.807) is 12.1 Å². The average molecular weight is 281 g/mol. The minimum Gasteiger partial charge on any atom is -0.508 e. The fourth-order valence-electron chi connectivity index (χ4n) is 1.91. The molecule has 0 radical (unpaired) electrons. The highest BCUT2D eigenvalue weighted by Gasteiger charge is 2.05. The molecule has 4 heteroatoms. The first-order chi connectivity index (χ1) is 9.59. The highest BCUT2D eigenvalue weighted by molar-refractivity contribution is 5.31. The van der Waals surface area contributed by atoms with Gasteiger partial charge in [0.2, 0.25) is 0 Å². The molecule has 0 fully saturated rings. The molecule has 0 spiro atoms. The number of para-hydroxylation sites is 1. The maximum atomic E-state index is 9.76. The second kappa shape index (κ2) is 9.75. The van der Waals surface area contributed by atoms with E-state index in [9.17, 15) is 10.2 Å². The largest absolute Gasteiger partial charge is 0.508 e. The Morgan fingerprint density at radius 1 is 1.25 bits per heavy atom. The average Bonchev–Trinajstić information content (AvgIpc) is 2.40. The van der Waals surface area contributed by atoms with Gasteiger partial charge in [-0.3, -0.25) is 0 Å². The van der Waals surface area contributed by atoms with E-state index in [4.69, 9.17) is 4.74 Å². The van der Waals surface area contributed by atoms with Crippen LogP contribution in [0.5, 0.6) is 5.75 Å². The van der Waals surface area contributed by atoms with E-state index in [-0.39, 0.29) is 5.75 Å². The Hall–Kier alpha value is -1.10. The first kappa shape index (κ1) is 17.0. The Labute approximate surface area is 121 Å². The van der Waals surface area contributed by atoms with Gasteiger partial charge >= 0.3 is 0 Å². The van der Waals surface area contributed by atoms with Crippen molar-refractivity contribution in [3.05, 3.63) is 29.8 Å². The van der Waals surface area contributed by atoms with E-state index in [0.29, 0.717) is 32.2 Å². The standard InChI is InChI=1S/C16H27NO3/c1-13(2)6-5-9-20-12-15(18)11-17-10-14-7-3-4-8-16(14)19/h3-4,7-8,13,15,17-19H,5-6,9-12H2,1-2H3. The lowest BCUT2D eigenvalue weighted by molar-refractivity contribution is 0.0346. The van der Waals surface area contributed by atoms with Crippen LogP contribution in [0.15, 0.2) is 24.3 Å². The van der Waals surface area contributed by atoms with E-state index < -0.39 is 6.10 Å². The second-order valence-corrected chi connectivity index (χ2v) is 5.52. The predicted molar refractivity (Wildman–Crippen MR) is 80.7 cm³/mol. The van der Waals surface area contributed by atoms with E-state index in [1.165, 1.54) is 0 Å². The first-order valence-electron chi connectivity index (χ1n) is 7.33. The number of hydrogen-bond donors (Lipinski definition) is 3. The third kappa shape index (κ3) is 7.48. The highest BCUT2D eigenvalue weighted by Crippen LogP contribution is 2.14. The van der Waals surface area contributed by atoms with Crippen LogP contribution < -0.4 is 5.32 Å². The van der Waals surface area contributed by atoms with Crippen LogP contribution in [0.25, 0.3) is 0 Å². The van der Waals surface area contributed by atoms with Gasteiger partial charge in [-0.25, -0.2) is 0 Å². The third-order valence-electron chi connectivity index (χ3n) is 3.07. The van der Waals surface area contributed by atoms with E-state index in [0.717, 1.165) is 18.4 Å². The van der Waals surface area contributed by atoms with Crippen LogP contribution >= 0.6 is 0 Å². The van der Waals surface area contributed by atoms with Crippen molar-refractivity contribution in [2.75, 3.05) is 19.8 Å². The molecule has 0 aliphatic rings. The molecule has 1 aromatic rings. The van der Waals surface area contributed by atoms with E-state index in [1.807, 2.05) is 12.1 Å². The fraction of sp³-hybridized carbons (Fsp3) is 0.625. The van der Waals surface area contributed by atoms with Crippen LogP contribution in [-0.4, -0.2) is 36.1 Å². The van der Waals surface area contributed by atoms with Gasteiger partial charge in [0.15, 0.2) is 0 Å². The third-order valence-corrected chi connectivity index (χ3v) is 3.07. The molecule has 1 unspecified atom stereocenters. The van der Waals surface area contributed by atoms with Crippen molar-refractivity contribution in [2.45, 2.75) is 39.3 Å². The van der Waals surface area contributed by atoms with Crippen molar-refractivity contribution in [1.29, 1.82) is 0 Å². The smallest absolute Gasteiger partial charge is 0.120 e. The number of nitrogens with one attached hydrogen (secondary N) is 1. The Morgan fingerprint density at radius 2 is 2.00 bits per heavy atom. The summed E-state index contributed by atoms with van der Waals surface area (Å²) in [5.74, 6) is 0.975. The van der Waals surface area contributed by atoms with Gasteiger partial charge in [0.1, 0.15) is 5.75 Å². The first-order valence-corrected chi connectivity index (χ1v) is 7.33. The fourth-order valence-corrected chi connectivity index (χ4v) is 1.91. The monoisotopic (exact) mass is 281 g/mol. The normalized spacial score (nSPS) is 12.8. The van der Waals surface area contributed by atoms with Crippen molar-refractivity contribution in [3.63, 3.8) is 0 Å². The molecule has 0 aromatic heterocycles. The van der Waals surface area contributed by atoms with Gasteiger partial charge in [-0.2, -0.15) is 0 Å². The number of phenols is 1. The maximum absolute atomic E-state index is 9.76. The molecule has 0 heterocycles. The molecular weight excluding hydrogens is 254 g/mol. The van der Waals surface area contributed by atoms with Crippen molar-refractivity contribution in [2.24, 2.45) is 5.92 Å². The number of aliphatic hydroxyl groups excluding tert-OH is 1. The van der Waals surface area contributed by atoms with Gasteiger partial charge in [0.05, 0.1) is 12.7 Å². The minimum absolute atomic E-state index is 0.277. The number of hydrogen-bond acceptors (Lipinski definition) is 4. The lowest BCUT2D eigenvalue weighted by atomic mass is 10.1. The molecule has 3 N–H and O–H groups in total. The van der Waals surface area contributed by atoms with Gasteiger partial charge in [-0.1, -0.05) is 32.0 Å². The molecule has 0 aliphatic heterocycles. The Kier molecular flexibility index (Phi) is 8.26. The summed E-state index contributed by atoms with van der Waals surface area (Å²) in [4.78, 5) is 0. The van der Waals surface area contributed by atoms with Crippen LogP contribution in [-0.2, 0) is 11.3 Å². The van der Waals surface area contributed by atoms with Gasteiger partial charge in [0, 0.05) is 25.3 Å². The van der Waals surface area contributed by atoms with Crippen LogP contribution in [0, 0.1) is 5.92 Å². The van der Waals surface area contributed by atoms with E-state index in [2.05, 4.69) is 19.2 Å². The van der Waals surface area contributed by atoms with Crippen molar-refractivity contribution in [3.8, 4) is 5.75 Å². The Balaban J connectivity index is 2.05. The summed E-state index contributed by atoms with van der Waals surface area (Å²) in [5.41, 5.74) is 0.831. The zero-order chi connectivity index (χ0) is 14.8. The summed E-state index contributed by atoms with van der Waals surface area (Å²) < 4.78 is 5.43. The highest BCUT2D eigenvalue weighted by atomic mass is 16.5. The second-order valence-electron chi connectivity index (χ2n) is 5.52. The maximum Gasteiger partial charge on any atom is 0.120 e. The molecule has 0 saturated heterocycles. The molecule has 1 aromatic carbocycles. The van der Waals surface area contributed by atoms with Crippen LogP contribution in [0.4, 0.5) is 0 Å². The van der Waals surface area contributed by atoms with Gasteiger partial charge in [0.25, 0.3) is 0 Å². The topological polar surface area (TPSA) is 61.7 Å². The predicted octanol–water partition coefficient (Wildman–Crippen LogP) is 2.30. The zero-order valence-corrected chi connectivity index (χ0v) is 12.5. The number of phenolic OH excluding ortho intramolecular Hbond substituents is 1. The molecule has 4 nitrogen and oxygen atoms in total. The lowest BCUT2D eigenvalue weighted by Crippen LogP contribution is -2.30. The summed E-state index contributed by atoms with van der Waals surface area (Å²) in [5, 5.41) is 22.5. The molecule has 0 amide bonds. The summed E-state index contributed by atoms with van der Waals surface area (Å²) in [6.07, 6.45) is 1.68. The number of rotatable bonds is 10. The lowest BCUT2D eigenvalue weighted by Gasteiger charge is -2.13. The number of ether oxygens (including phenoxy) is 1. The van der Waals surface area contributed by atoms with Crippen LogP contribution in [0.2, 0.25) is 0 Å². The molecule has 0 saturated carbocycles. The van der Waals surface area contributed by atoms with Crippen molar-refractivity contribution in [1.82, 2.24) is 5.32 Å². The van der Waals surface area contributed by atoms with Gasteiger partial charge < -0.3 is 20.3 Å². The summed E-state index contributed by atoms with van der Waals surface area (Å²) >= 11 is 0. The molecule has 1 rings (SSSR count). The van der Waals surface area contributed by atoms with Crippen molar-refractivity contribution >= 4 is 0 Å². The van der Waals surface area contributed by atoms with Crippen molar-refractivity contribution < 1.29 is 14.9 Å². The molecule has 0 aliphatic carbocycles. The number of aromatic hydroxyl groups is 1. The minimum atomic E-state index is -0.514. The quantitative estimate of drug-likeness (QED) is 0.576. The summed E-state index contributed by atoms with van der Waals surface area (Å²) in [6.45, 7) is 6.44. The van der Waals surface area contributed by atoms with E-state index >= 15 is 0 Å². The molecule has 0 bridgehead atoms. The number of benzene rings is 1. The van der Waals surface area contributed by atoms with Gasteiger partial charge in [-0.15, -0.1) is 0 Å². The van der Waals surface area contributed by atoms with Crippen LogP contribution in [0.1, 0.15) is 32.3 Å². The Morgan fingerprint density at radius 3 is 2.70 bits per heavy atom. The van der Waals surface area contributed by atoms with Crippen LogP contribution in [0.3, 0.4) is 0 Å². The molecule has 1 atom stereocenters. The molecule has 20 heavy (non-hydrogen) atoms. The SMILES string of the molecule is CC(C)CCCOCC(O)CNCc1ccccc1O. The summed E-state index contributed by atoms with van der Waals surface area (Å²) in [7, 11) is 0. The number of aliphatic hydroxyl groups is 1. The zero-order valence-electron chi connectivity index (χ0n) is 12.5. The summed E-state index contributed by atoms with van der Waals surface area (Å²) in [6, 6.07) is 7.19. The van der Waals surface area contributed by atoms with Gasteiger partial charge in [-0.05, 0) is 24.8 Å². The molecule has 114 valence electrons. The Bertz CT molecular complexity index is 368.